The zero-order chi connectivity index (χ0) is 11.6. The molecule has 0 aliphatic heterocycles. The molecule has 0 amide bonds. The number of ether oxygens (including phenoxy) is 3. The van der Waals surface area contributed by atoms with Crippen LogP contribution in [0.1, 0.15) is 6.42 Å². The number of hydrogen-bond donors (Lipinski definition) is 0. The zero-order valence-electron chi connectivity index (χ0n) is 9.32. The minimum absolute atomic E-state index is 0.600. The molecular formula is C11H16BrNO3. The van der Waals surface area contributed by atoms with E-state index in [1.165, 1.54) is 0 Å². The van der Waals surface area contributed by atoms with Crippen molar-refractivity contribution in [3.05, 3.63) is 22.8 Å². The molecule has 1 heterocycles. The predicted molar refractivity (Wildman–Crippen MR) is 64.7 cm³/mol. The highest BCUT2D eigenvalue weighted by Crippen LogP contribution is 2.20. The Labute approximate surface area is 104 Å². The number of rotatable bonds is 8. The number of halogens is 1. The summed E-state index contributed by atoms with van der Waals surface area (Å²) in [6, 6.07) is 3.75. The van der Waals surface area contributed by atoms with Gasteiger partial charge < -0.3 is 14.2 Å². The van der Waals surface area contributed by atoms with E-state index in [9.17, 15) is 0 Å². The van der Waals surface area contributed by atoms with Gasteiger partial charge in [0.2, 0.25) is 5.88 Å². The number of aromatic nitrogens is 1. The van der Waals surface area contributed by atoms with Gasteiger partial charge in [0.15, 0.2) is 0 Å². The minimum atomic E-state index is 0.600. The van der Waals surface area contributed by atoms with Crippen molar-refractivity contribution in [2.45, 2.75) is 6.42 Å². The van der Waals surface area contributed by atoms with E-state index in [-0.39, 0.29) is 0 Å². The van der Waals surface area contributed by atoms with Crippen molar-refractivity contribution in [1.82, 2.24) is 4.98 Å². The van der Waals surface area contributed by atoms with E-state index in [1.54, 1.807) is 13.3 Å². The first-order valence-electron chi connectivity index (χ1n) is 5.14. The van der Waals surface area contributed by atoms with Crippen LogP contribution in [0.2, 0.25) is 0 Å². The van der Waals surface area contributed by atoms with Crippen LogP contribution in [0.3, 0.4) is 0 Å². The number of nitrogens with zero attached hydrogens (tertiary/aromatic N) is 1. The van der Waals surface area contributed by atoms with E-state index in [2.05, 4.69) is 20.9 Å². The molecule has 5 heteroatoms. The highest BCUT2D eigenvalue weighted by Gasteiger charge is 2.00. The summed E-state index contributed by atoms with van der Waals surface area (Å²) in [7, 11) is 1.66. The van der Waals surface area contributed by atoms with Crippen molar-refractivity contribution < 1.29 is 14.2 Å². The maximum atomic E-state index is 5.47. The summed E-state index contributed by atoms with van der Waals surface area (Å²) in [5.74, 6) is 0.624. The van der Waals surface area contributed by atoms with Crippen molar-refractivity contribution in [2.75, 3.05) is 33.5 Å². The molecule has 0 saturated carbocycles. The lowest BCUT2D eigenvalue weighted by Crippen LogP contribution is -2.07. The quantitative estimate of drug-likeness (QED) is 0.689. The highest BCUT2D eigenvalue weighted by molar-refractivity contribution is 9.10. The van der Waals surface area contributed by atoms with E-state index in [1.807, 2.05) is 12.1 Å². The average Bonchev–Trinajstić information content (AvgIpc) is 2.30. The molecule has 0 atom stereocenters. The molecule has 0 saturated heterocycles. The maximum absolute atomic E-state index is 5.47. The summed E-state index contributed by atoms with van der Waals surface area (Å²) in [6.07, 6.45) is 2.54. The van der Waals surface area contributed by atoms with Gasteiger partial charge in [0.25, 0.3) is 0 Å². The SMILES string of the molecule is COCCOCCCOc1ncccc1Br. The van der Waals surface area contributed by atoms with Gasteiger partial charge in [-0.3, -0.25) is 0 Å². The summed E-state index contributed by atoms with van der Waals surface area (Å²) in [6.45, 7) is 2.53. The van der Waals surface area contributed by atoms with Crippen LogP contribution in [-0.4, -0.2) is 38.5 Å². The smallest absolute Gasteiger partial charge is 0.227 e. The van der Waals surface area contributed by atoms with Gasteiger partial charge in [0.1, 0.15) is 0 Å². The van der Waals surface area contributed by atoms with Crippen molar-refractivity contribution in [2.24, 2.45) is 0 Å². The Morgan fingerprint density at radius 2 is 2.12 bits per heavy atom. The van der Waals surface area contributed by atoms with E-state index >= 15 is 0 Å². The van der Waals surface area contributed by atoms with E-state index in [4.69, 9.17) is 14.2 Å². The third-order valence-corrected chi connectivity index (χ3v) is 2.43. The van der Waals surface area contributed by atoms with Crippen LogP contribution in [0, 0.1) is 0 Å². The second kappa shape index (κ2) is 8.50. The first kappa shape index (κ1) is 13.4. The lowest BCUT2D eigenvalue weighted by atomic mass is 10.4. The van der Waals surface area contributed by atoms with Crippen molar-refractivity contribution >= 4 is 15.9 Å². The van der Waals surface area contributed by atoms with Crippen molar-refractivity contribution in [3.63, 3.8) is 0 Å². The lowest BCUT2D eigenvalue weighted by molar-refractivity contribution is 0.0641. The van der Waals surface area contributed by atoms with Crippen LogP contribution < -0.4 is 4.74 Å². The van der Waals surface area contributed by atoms with Crippen LogP contribution in [0.5, 0.6) is 5.88 Å². The molecule has 0 fully saturated rings. The van der Waals surface area contributed by atoms with Gasteiger partial charge in [-0.25, -0.2) is 4.98 Å². The van der Waals surface area contributed by atoms with Gasteiger partial charge in [-0.15, -0.1) is 0 Å². The van der Waals surface area contributed by atoms with Gasteiger partial charge >= 0.3 is 0 Å². The second-order valence-corrected chi connectivity index (χ2v) is 3.95. The molecule has 1 aromatic heterocycles. The summed E-state index contributed by atoms with van der Waals surface area (Å²) in [5.41, 5.74) is 0. The molecule has 1 aromatic rings. The van der Waals surface area contributed by atoms with Crippen LogP contribution >= 0.6 is 15.9 Å². The largest absolute Gasteiger partial charge is 0.477 e. The third kappa shape index (κ3) is 5.44. The van der Waals surface area contributed by atoms with Gasteiger partial charge in [0.05, 0.1) is 24.3 Å². The predicted octanol–water partition coefficient (Wildman–Crippen LogP) is 2.28. The standard InChI is InChI=1S/C11H16BrNO3/c1-14-8-9-15-6-3-7-16-11-10(12)4-2-5-13-11/h2,4-5H,3,6-9H2,1H3. The van der Waals surface area contributed by atoms with Gasteiger partial charge in [-0.1, -0.05) is 0 Å². The average molecular weight is 290 g/mol. The number of methoxy groups -OCH3 is 1. The van der Waals surface area contributed by atoms with E-state index in [0.717, 1.165) is 10.9 Å². The monoisotopic (exact) mass is 289 g/mol. The topological polar surface area (TPSA) is 40.6 Å². The molecule has 0 spiro atoms. The fourth-order valence-electron chi connectivity index (χ4n) is 1.05. The van der Waals surface area contributed by atoms with E-state index in [0.29, 0.717) is 32.3 Å². The second-order valence-electron chi connectivity index (χ2n) is 3.10. The Morgan fingerprint density at radius 3 is 2.88 bits per heavy atom. The molecule has 0 aliphatic rings. The molecular weight excluding hydrogens is 274 g/mol. The molecule has 0 unspecified atom stereocenters. The first-order chi connectivity index (χ1) is 7.84. The van der Waals surface area contributed by atoms with Crippen molar-refractivity contribution in [3.8, 4) is 5.88 Å². The Balaban J connectivity index is 2.05. The Morgan fingerprint density at radius 1 is 1.25 bits per heavy atom. The van der Waals surface area contributed by atoms with Gasteiger partial charge in [-0.2, -0.15) is 0 Å². The molecule has 0 radical (unpaired) electrons. The van der Waals surface area contributed by atoms with E-state index < -0.39 is 0 Å². The van der Waals surface area contributed by atoms with Crippen LogP contribution in [0.25, 0.3) is 0 Å². The molecule has 0 N–H and O–H groups in total. The summed E-state index contributed by atoms with van der Waals surface area (Å²) in [5, 5.41) is 0. The summed E-state index contributed by atoms with van der Waals surface area (Å²) < 4.78 is 16.5. The molecule has 0 aliphatic carbocycles. The van der Waals surface area contributed by atoms with Crippen LogP contribution in [0.4, 0.5) is 0 Å². The summed E-state index contributed by atoms with van der Waals surface area (Å²) >= 11 is 3.36. The first-order valence-corrected chi connectivity index (χ1v) is 5.94. The Kier molecular flexibility index (Phi) is 7.12. The molecule has 0 aromatic carbocycles. The fraction of sp³-hybridized carbons (Fsp3) is 0.545. The molecule has 1 rings (SSSR count). The van der Waals surface area contributed by atoms with Crippen LogP contribution in [0.15, 0.2) is 22.8 Å². The molecule has 4 nitrogen and oxygen atoms in total. The lowest BCUT2D eigenvalue weighted by Gasteiger charge is -2.06. The molecule has 16 heavy (non-hydrogen) atoms. The third-order valence-electron chi connectivity index (χ3n) is 1.83. The zero-order valence-corrected chi connectivity index (χ0v) is 10.9. The summed E-state index contributed by atoms with van der Waals surface area (Å²) in [4.78, 5) is 4.10. The molecule has 0 bridgehead atoms. The maximum Gasteiger partial charge on any atom is 0.227 e. The van der Waals surface area contributed by atoms with Crippen molar-refractivity contribution in [1.29, 1.82) is 0 Å². The minimum Gasteiger partial charge on any atom is -0.477 e. The highest BCUT2D eigenvalue weighted by atomic mass is 79.9. The number of pyridine rings is 1. The fourth-order valence-corrected chi connectivity index (χ4v) is 1.42. The Bertz CT molecular complexity index is 296. The molecule has 90 valence electrons. The number of hydrogen-bond acceptors (Lipinski definition) is 4. The Hall–Kier alpha value is -0.650. The van der Waals surface area contributed by atoms with Gasteiger partial charge in [-0.05, 0) is 28.1 Å². The normalized spacial score (nSPS) is 10.4. The van der Waals surface area contributed by atoms with Crippen LogP contribution in [-0.2, 0) is 9.47 Å². The van der Waals surface area contributed by atoms with Gasteiger partial charge in [0, 0.05) is 26.3 Å².